The van der Waals surface area contributed by atoms with E-state index in [-0.39, 0.29) is 5.56 Å². The standard InChI is InChI=1S/C29H28N6O4/c1-37-21-10-8-18(9-11-21)17-35-28(31-32-33-35)27(34-13-12-19-6-4-5-7-24(19)34)22-14-20-15-25(38-2)26(39-3)16-23(20)30-29(22)36/h4-11,14-16,27H,12-13,17H2,1-3H3,(H,30,36). The molecule has 3 heterocycles. The summed E-state index contributed by atoms with van der Waals surface area (Å²) in [6.07, 6.45) is 0.864. The van der Waals surface area contributed by atoms with E-state index in [9.17, 15) is 4.79 Å². The van der Waals surface area contributed by atoms with E-state index in [0.717, 1.165) is 35.4 Å². The van der Waals surface area contributed by atoms with E-state index in [4.69, 9.17) is 14.2 Å². The minimum absolute atomic E-state index is 0.219. The average molecular weight is 525 g/mol. The molecule has 1 atom stereocenters. The third-order valence-electron chi connectivity index (χ3n) is 7.20. The quantitative estimate of drug-likeness (QED) is 0.327. The fourth-order valence-corrected chi connectivity index (χ4v) is 5.26. The number of fused-ring (bicyclic) bond motifs is 2. The molecule has 0 saturated heterocycles. The number of methoxy groups -OCH3 is 3. The zero-order valence-electron chi connectivity index (χ0n) is 21.9. The number of tetrazole rings is 1. The minimum Gasteiger partial charge on any atom is -0.497 e. The fourth-order valence-electron chi connectivity index (χ4n) is 5.26. The molecule has 1 N–H and O–H groups in total. The summed E-state index contributed by atoms with van der Waals surface area (Å²) in [5.41, 5.74) is 4.27. The number of H-pyrrole nitrogens is 1. The highest BCUT2D eigenvalue weighted by atomic mass is 16.5. The first-order chi connectivity index (χ1) is 19.1. The zero-order valence-corrected chi connectivity index (χ0v) is 21.9. The first-order valence-electron chi connectivity index (χ1n) is 12.6. The summed E-state index contributed by atoms with van der Waals surface area (Å²) in [7, 11) is 4.80. The van der Waals surface area contributed by atoms with Crippen LogP contribution in [0.1, 0.15) is 28.6 Å². The van der Waals surface area contributed by atoms with Gasteiger partial charge in [0, 0.05) is 29.2 Å². The van der Waals surface area contributed by atoms with Crippen LogP contribution in [0.3, 0.4) is 0 Å². The minimum atomic E-state index is -0.525. The molecule has 1 aliphatic rings. The molecule has 0 amide bonds. The summed E-state index contributed by atoms with van der Waals surface area (Å²) in [6.45, 7) is 1.16. The Hall–Kier alpha value is -4.86. The van der Waals surface area contributed by atoms with Gasteiger partial charge in [0.2, 0.25) is 0 Å². The maximum Gasteiger partial charge on any atom is 0.254 e. The molecule has 6 rings (SSSR count). The van der Waals surface area contributed by atoms with Crippen molar-refractivity contribution < 1.29 is 14.2 Å². The SMILES string of the molecule is COc1ccc(Cn2nnnc2C(c2cc3cc(OC)c(OC)cc3[nH]c2=O)N2CCc3ccccc32)cc1. The summed E-state index contributed by atoms with van der Waals surface area (Å²) >= 11 is 0. The van der Waals surface area contributed by atoms with Crippen LogP contribution in [0.2, 0.25) is 0 Å². The molecule has 0 fully saturated rings. The van der Waals surface area contributed by atoms with E-state index in [1.54, 1.807) is 32.1 Å². The topological polar surface area (TPSA) is 107 Å². The van der Waals surface area contributed by atoms with E-state index in [0.29, 0.717) is 34.9 Å². The van der Waals surface area contributed by atoms with Gasteiger partial charge < -0.3 is 24.1 Å². The molecule has 0 saturated carbocycles. The number of aromatic nitrogens is 5. The number of ether oxygens (including phenoxy) is 3. The second-order valence-corrected chi connectivity index (χ2v) is 9.37. The highest BCUT2D eigenvalue weighted by molar-refractivity contribution is 5.83. The van der Waals surface area contributed by atoms with Crippen molar-refractivity contribution in [3.63, 3.8) is 0 Å². The van der Waals surface area contributed by atoms with Crippen molar-refractivity contribution in [3.05, 3.63) is 99.6 Å². The number of hydrogen-bond donors (Lipinski definition) is 1. The average Bonchev–Trinajstić information content (AvgIpc) is 3.61. The van der Waals surface area contributed by atoms with Gasteiger partial charge in [0.1, 0.15) is 11.8 Å². The van der Waals surface area contributed by atoms with E-state index in [1.165, 1.54) is 5.56 Å². The monoisotopic (exact) mass is 524 g/mol. The summed E-state index contributed by atoms with van der Waals surface area (Å²) in [5, 5.41) is 13.6. The largest absolute Gasteiger partial charge is 0.497 e. The van der Waals surface area contributed by atoms with Crippen LogP contribution < -0.4 is 24.7 Å². The van der Waals surface area contributed by atoms with Crippen LogP contribution in [0.5, 0.6) is 17.2 Å². The van der Waals surface area contributed by atoms with E-state index >= 15 is 0 Å². The predicted octanol–water partition coefficient (Wildman–Crippen LogP) is 3.74. The molecule has 10 heteroatoms. The van der Waals surface area contributed by atoms with E-state index in [2.05, 4.69) is 37.5 Å². The molecule has 0 aliphatic carbocycles. The summed E-state index contributed by atoms with van der Waals surface area (Å²) < 4.78 is 18.0. The highest BCUT2D eigenvalue weighted by Gasteiger charge is 2.34. The van der Waals surface area contributed by atoms with Gasteiger partial charge in [-0.05, 0) is 58.3 Å². The van der Waals surface area contributed by atoms with Gasteiger partial charge in [0.25, 0.3) is 5.56 Å². The molecule has 1 aliphatic heterocycles. The van der Waals surface area contributed by atoms with Gasteiger partial charge in [-0.25, -0.2) is 4.68 Å². The Morgan fingerprint density at radius 3 is 2.49 bits per heavy atom. The molecule has 3 aromatic carbocycles. The van der Waals surface area contributed by atoms with Crippen molar-refractivity contribution in [3.8, 4) is 17.2 Å². The molecular weight excluding hydrogens is 496 g/mol. The number of nitrogens with one attached hydrogen (secondary N) is 1. The van der Waals surface area contributed by atoms with Gasteiger partial charge in [-0.1, -0.05) is 30.3 Å². The Kier molecular flexibility index (Phi) is 6.36. The number of para-hydroxylation sites is 1. The lowest BCUT2D eigenvalue weighted by atomic mass is 10.0. The van der Waals surface area contributed by atoms with Gasteiger partial charge in [0.15, 0.2) is 17.3 Å². The Labute approximate surface area is 224 Å². The van der Waals surface area contributed by atoms with Crippen LogP contribution in [-0.2, 0) is 13.0 Å². The second-order valence-electron chi connectivity index (χ2n) is 9.37. The molecule has 0 radical (unpaired) electrons. The maximum absolute atomic E-state index is 13.7. The van der Waals surface area contributed by atoms with Crippen molar-refractivity contribution in [2.75, 3.05) is 32.8 Å². The molecule has 5 aromatic rings. The highest BCUT2D eigenvalue weighted by Crippen LogP contribution is 2.38. The molecule has 198 valence electrons. The number of nitrogens with zero attached hydrogens (tertiary/aromatic N) is 5. The van der Waals surface area contributed by atoms with Gasteiger partial charge >= 0.3 is 0 Å². The lowest BCUT2D eigenvalue weighted by Crippen LogP contribution is -2.34. The third kappa shape index (κ3) is 4.43. The van der Waals surface area contributed by atoms with Crippen molar-refractivity contribution in [2.24, 2.45) is 0 Å². The fraction of sp³-hybridized carbons (Fsp3) is 0.241. The molecule has 0 spiro atoms. The lowest BCUT2D eigenvalue weighted by molar-refractivity contribution is 0.356. The second kappa shape index (κ2) is 10.1. The molecular formula is C29H28N6O4. The number of anilines is 1. The first-order valence-corrected chi connectivity index (χ1v) is 12.6. The molecule has 1 unspecified atom stereocenters. The third-order valence-corrected chi connectivity index (χ3v) is 7.20. The normalized spacial score (nSPS) is 13.4. The zero-order chi connectivity index (χ0) is 26.9. The number of benzene rings is 3. The van der Waals surface area contributed by atoms with Crippen molar-refractivity contribution in [1.29, 1.82) is 0 Å². The van der Waals surface area contributed by atoms with Crippen LogP contribution in [0.4, 0.5) is 5.69 Å². The molecule has 2 aromatic heterocycles. The molecule has 10 nitrogen and oxygen atoms in total. The van der Waals surface area contributed by atoms with Crippen molar-refractivity contribution in [1.82, 2.24) is 25.2 Å². The van der Waals surface area contributed by atoms with E-state index in [1.807, 2.05) is 48.5 Å². The summed E-state index contributed by atoms with van der Waals surface area (Å²) in [5.74, 6) is 2.47. The molecule has 0 bridgehead atoms. The van der Waals surface area contributed by atoms with Crippen molar-refractivity contribution >= 4 is 16.6 Å². The van der Waals surface area contributed by atoms with E-state index < -0.39 is 6.04 Å². The Bertz CT molecular complexity index is 1690. The Balaban J connectivity index is 1.50. The Morgan fingerprint density at radius 2 is 1.72 bits per heavy atom. The van der Waals surface area contributed by atoms with Gasteiger partial charge in [-0.2, -0.15) is 0 Å². The van der Waals surface area contributed by atoms with Crippen LogP contribution in [0.25, 0.3) is 10.9 Å². The number of pyridine rings is 1. The maximum atomic E-state index is 13.7. The smallest absolute Gasteiger partial charge is 0.254 e. The number of aromatic amines is 1. The summed E-state index contributed by atoms with van der Waals surface area (Å²) in [4.78, 5) is 18.9. The van der Waals surface area contributed by atoms with Crippen LogP contribution in [0.15, 0.2) is 71.5 Å². The lowest BCUT2D eigenvalue weighted by Gasteiger charge is -2.29. The predicted molar refractivity (Wildman–Crippen MR) is 147 cm³/mol. The molecule has 39 heavy (non-hydrogen) atoms. The van der Waals surface area contributed by atoms with Crippen LogP contribution in [0, 0.1) is 0 Å². The van der Waals surface area contributed by atoms with Gasteiger partial charge in [-0.3, -0.25) is 4.79 Å². The van der Waals surface area contributed by atoms with Crippen molar-refractivity contribution in [2.45, 2.75) is 19.0 Å². The first kappa shape index (κ1) is 24.5. The summed E-state index contributed by atoms with van der Waals surface area (Å²) in [6, 6.07) is 21.0. The van der Waals surface area contributed by atoms with Gasteiger partial charge in [-0.15, -0.1) is 5.10 Å². The number of rotatable bonds is 8. The van der Waals surface area contributed by atoms with Gasteiger partial charge in [0.05, 0.1) is 33.4 Å². The Morgan fingerprint density at radius 1 is 0.949 bits per heavy atom. The van der Waals surface area contributed by atoms with Crippen LogP contribution in [-0.4, -0.2) is 53.1 Å². The van der Waals surface area contributed by atoms with Crippen LogP contribution >= 0.6 is 0 Å². The number of hydrogen-bond acceptors (Lipinski definition) is 8.